The van der Waals surface area contributed by atoms with Gasteiger partial charge in [0.15, 0.2) is 5.82 Å². The van der Waals surface area contributed by atoms with Gasteiger partial charge in [-0.25, -0.2) is 0 Å². The molecule has 2 aromatic rings. The quantitative estimate of drug-likeness (QED) is 0.821. The molecule has 4 heterocycles. The lowest BCUT2D eigenvalue weighted by molar-refractivity contribution is -0.0756. The fourth-order valence-electron chi connectivity index (χ4n) is 4.02. The number of carbonyl (C=O) groups is 1. The number of nitrogens with zero attached hydrogens (tertiary/aromatic N) is 4. The number of aromatic nitrogens is 3. The Kier molecular flexibility index (Phi) is 4.07. The van der Waals surface area contributed by atoms with E-state index in [1.54, 1.807) is 13.8 Å². The molecule has 2 aromatic heterocycles. The topological polar surface area (TPSA) is 94.5 Å². The number of rotatable bonds is 2. The molecular formula is C17H22N4O4. The van der Waals surface area contributed by atoms with Crippen molar-refractivity contribution in [1.82, 2.24) is 20.2 Å². The van der Waals surface area contributed by atoms with Crippen LogP contribution in [0.1, 0.15) is 52.3 Å². The summed E-state index contributed by atoms with van der Waals surface area (Å²) in [5.41, 5.74) is 1.20. The maximum Gasteiger partial charge on any atom is 0.259 e. The molecule has 2 fully saturated rings. The second kappa shape index (κ2) is 6.25. The van der Waals surface area contributed by atoms with E-state index >= 15 is 0 Å². The molecule has 0 spiro atoms. The first-order valence-corrected chi connectivity index (χ1v) is 8.68. The monoisotopic (exact) mass is 346 g/mol. The summed E-state index contributed by atoms with van der Waals surface area (Å²) >= 11 is 0. The van der Waals surface area contributed by atoms with Gasteiger partial charge in [-0.2, -0.15) is 4.98 Å². The van der Waals surface area contributed by atoms with Gasteiger partial charge in [0.25, 0.3) is 5.91 Å². The molecule has 0 radical (unpaired) electrons. The van der Waals surface area contributed by atoms with Gasteiger partial charge in [-0.1, -0.05) is 10.3 Å². The SMILES string of the molecule is Cc1noc([C@H]2CCO[C@H]3CCN(C(=O)c4c(C)noc4C)C[C@H]32)n1. The number of carbonyl (C=O) groups excluding carboxylic acids is 1. The Bertz CT molecular complexity index is 764. The lowest BCUT2D eigenvalue weighted by atomic mass is 9.79. The summed E-state index contributed by atoms with van der Waals surface area (Å²) in [4.78, 5) is 19.2. The van der Waals surface area contributed by atoms with Gasteiger partial charge in [-0.15, -0.1) is 0 Å². The highest BCUT2D eigenvalue weighted by Gasteiger charge is 2.43. The lowest BCUT2D eigenvalue weighted by Crippen LogP contribution is -2.51. The Hall–Kier alpha value is -2.22. The van der Waals surface area contributed by atoms with Crippen molar-refractivity contribution in [2.75, 3.05) is 19.7 Å². The number of amides is 1. The second-order valence-electron chi connectivity index (χ2n) is 6.89. The predicted octanol–water partition coefficient (Wildman–Crippen LogP) is 2.02. The number of ether oxygens (including phenoxy) is 1. The first-order valence-electron chi connectivity index (χ1n) is 8.68. The molecule has 0 N–H and O–H groups in total. The van der Waals surface area contributed by atoms with Crippen LogP contribution in [-0.4, -0.2) is 51.9 Å². The zero-order chi connectivity index (χ0) is 17.6. The minimum Gasteiger partial charge on any atom is -0.378 e. The normalized spacial score (nSPS) is 26.5. The Morgan fingerprint density at radius 2 is 2.00 bits per heavy atom. The van der Waals surface area contributed by atoms with Gasteiger partial charge in [0.2, 0.25) is 5.89 Å². The second-order valence-corrected chi connectivity index (χ2v) is 6.89. The van der Waals surface area contributed by atoms with E-state index in [-0.39, 0.29) is 23.8 Å². The predicted molar refractivity (Wildman–Crippen MR) is 86.1 cm³/mol. The Morgan fingerprint density at radius 3 is 2.68 bits per heavy atom. The smallest absolute Gasteiger partial charge is 0.259 e. The minimum absolute atomic E-state index is 0.0271. The Balaban J connectivity index is 1.57. The van der Waals surface area contributed by atoms with E-state index < -0.39 is 0 Å². The summed E-state index contributed by atoms with van der Waals surface area (Å²) in [7, 11) is 0. The number of fused-ring (bicyclic) bond motifs is 1. The van der Waals surface area contributed by atoms with Gasteiger partial charge >= 0.3 is 0 Å². The number of aryl methyl sites for hydroxylation is 3. The van der Waals surface area contributed by atoms with Gasteiger partial charge < -0.3 is 18.7 Å². The fraction of sp³-hybridized carbons (Fsp3) is 0.647. The van der Waals surface area contributed by atoms with E-state index in [2.05, 4.69) is 15.3 Å². The molecule has 0 aliphatic carbocycles. The molecule has 4 rings (SSSR count). The Labute approximate surface area is 145 Å². The van der Waals surface area contributed by atoms with Crippen molar-refractivity contribution < 1.29 is 18.6 Å². The van der Waals surface area contributed by atoms with Crippen LogP contribution in [0.25, 0.3) is 0 Å². The van der Waals surface area contributed by atoms with Crippen LogP contribution in [0.4, 0.5) is 0 Å². The van der Waals surface area contributed by atoms with Crippen LogP contribution in [0.2, 0.25) is 0 Å². The van der Waals surface area contributed by atoms with Crippen LogP contribution in [-0.2, 0) is 4.74 Å². The van der Waals surface area contributed by atoms with Gasteiger partial charge in [0, 0.05) is 31.5 Å². The van der Waals surface area contributed by atoms with E-state index in [0.717, 1.165) is 12.8 Å². The molecular weight excluding hydrogens is 324 g/mol. The highest BCUT2D eigenvalue weighted by molar-refractivity contribution is 5.96. The standard InChI is InChI=1S/C17H22N4O4/c1-9-15(10(2)24-19-9)17(22)21-6-4-14-13(8-21)12(5-7-23-14)16-18-11(3)20-25-16/h12-14H,4-8H2,1-3H3/t12-,13-,14-/m0/s1. The first-order chi connectivity index (χ1) is 12.0. The largest absolute Gasteiger partial charge is 0.378 e. The summed E-state index contributed by atoms with van der Waals surface area (Å²) in [6.45, 7) is 7.35. The van der Waals surface area contributed by atoms with Crippen molar-refractivity contribution in [3.8, 4) is 0 Å². The highest BCUT2D eigenvalue weighted by Crippen LogP contribution is 2.39. The molecule has 8 nitrogen and oxygen atoms in total. The molecule has 2 aliphatic heterocycles. The van der Waals surface area contributed by atoms with Gasteiger partial charge in [0.05, 0.1) is 11.8 Å². The minimum atomic E-state index is -0.0271. The van der Waals surface area contributed by atoms with Crippen LogP contribution >= 0.6 is 0 Å². The molecule has 3 atom stereocenters. The molecule has 1 amide bonds. The van der Waals surface area contributed by atoms with E-state index in [0.29, 0.717) is 48.4 Å². The van der Waals surface area contributed by atoms with Crippen molar-refractivity contribution in [3.05, 3.63) is 28.7 Å². The molecule has 134 valence electrons. The zero-order valence-electron chi connectivity index (χ0n) is 14.7. The van der Waals surface area contributed by atoms with E-state index in [1.165, 1.54) is 0 Å². The number of hydrogen-bond acceptors (Lipinski definition) is 7. The van der Waals surface area contributed by atoms with Crippen molar-refractivity contribution >= 4 is 5.91 Å². The highest BCUT2D eigenvalue weighted by atomic mass is 16.5. The summed E-state index contributed by atoms with van der Waals surface area (Å²) in [5.74, 6) is 2.11. The van der Waals surface area contributed by atoms with Crippen molar-refractivity contribution in [2.45, 2.75) is 45.6 Å². The maximum atomic E-state index is 13.0. The average Bonchev–Trinajstić information content (AvgIpc) is 3.19. The summed E-state index contributed by atoms with van der Waals surface area (Å²) < 4.78 is 16.5. The van der Waals surface area contributed by atoms with Gasteiger partial charge in [0.1, 0.15) is 11.3 Å². The van der Waals surface area contributed by atoms with Gasteiger partial charge in [-0.3, -0.25) is 4.79 Å². The third-order valence-electron chi connectivity index (χ3n) is 5.26. The molecule has 2 aliphatic rings. The average molecular weight is 346 g/mol. The van der Waals surface area contributed by atoms with Crippen molar-refractivity contribution in [1.29, 1.82) is 0 Å². The molecule has 0 unspecified atom stereocenters. The summed E-state index contributed by atoms with van der Waals surface area (Å²) in [5, 5.41) is 7.82. The van der Waals surface area contributed by atoms with E-state index in [4.69, 9.17) is 13.8 Å². The lowest BCUT2D eigenvalue weighted by Gasteiger charge is -2.43. The molecule has 25 heavy (non-hydrogen) atoms. The van der Waals surface area contributed by atoms with Crippen molar-refractivity contribution in [3.63, 3.8) is 0 Å². The summed E-state index contributed by atoms with van der Waals surface area (Å²) in [6, 6.07) is 0. The van der Waals surface area contributed by atoms with E-state index in [9.17, 15) is 4.79 Å². The first kappa shape index (κ1) is 16.3. The zero-order valence-corrected chi connectivity index (χ0v) is 14.7. The van der Waals surface area contributed by atoms with Crippen LogP contribution in [0.3, 0.4) is 0 Å². The van der Waals surface area contributed by atoms with Gasteiger partial charge in [-0.05, 0) is 33.6 Å². The van der Waals surface area contributed by atoms with Crippen molar-refractivity contribution in [2.24, 2.45) is 5.92 Å². The van der Waals surface area contributed by atoms with E-state index in [1.807, 2.05) is 11.8 Å². The third-order valence-corrected chi connectivity index (χ3v) is 5.26. The van der Waals surface area contributed by atoms with Crippen LogP contribution in [0.15, 0.2) is 9.05 Å². The fourth-order valence-corrected chi connectivity index (χ4v) is 4.02. The summed E-state index contributed by atoms with van der Waals surface area (Å²) in [6.07, 6.45) is 1.76. The Morgan fingerprint density at radius 1 is 1.16 bits per heavy atom. The third kappa shape index (κ3) is 2.84. The number of piperidine rings is 1. The molecule has 0 saturated carbocycles. The molecule has 0 bridgehead atoms. The molecule has 2 saturated heterocycles. The van der Waals surface area contributed by atoms with Crippen LogP contribution in [0, 0.1) is 26.7 Å². The maximum absolute atomic E-state index is 13.0. The van der Waals surface area contributed by atoms with Crippen LogP contribution < -0.4 is 0 Å². The van der Waals surface area contributed by atoms with Crippen LogP contribution in [0.5, 0.6) is 0 Å². The molecule has 0 aromatic carbocycles. The number of likely N-dealkylation sites (tertiary alicyclic amines) is 1. The number of hydrogen-bond donors (Lipinski definition) is 0. The molecule has 8 heteroatoms.